The number of nitrogen functional groups attached to an aromatic ring is 1. The predicted molar refractivity (Wildman–Crippen MR) is 72.6 cm³/mol. The molecule has 1 atom stereocenters. The highest BCUT2D eigenvalue weighted by Crippen LogP contribution is 2.27. The second-order valence-corrected chi connectivity index (χ2v) is 5.01. The molecule has 2 N–H and O–H groups in total. The van der Waals surface area contributed by atoms with Crippen molar-refractivity contribution in [3.05, 3.63) is 23.3 Å². The Kier molecular flexibility index (Phi) is 3.57. The molecule has 94 valence electrons. The van der Waals surface area contributed by atoms with Crippen molar-refractivity contribution in [2.24, 2.45) is 0 Å². The van der Waals surface area contributed by atoms with Gasteiger partial charge in [-0.3, -0.25) is 0 Å². The van der Waals surface area contributed by atoms with Crippen LogP contribution in [0, 0.1) is 13.8 Å². The van der Waals surface area contributed by atoms with Gasteiger partial charge in [-0.2, -0.15) is 0 Å². The van der Waals surface area contributed by atoms with Gasteiger partial charge in [0.25, 0.3) is 0 Å². The summed E-state index contributed by atoms with van der Waals surface area (Å²) in [7, 11) is 2.09. The van der Waals surface area contributed by atoms with Crippen LogP contribution in [-0.4, -0.2) is 26.3 Å². The third-order valence-corrected chi connectivity index (χ3v) is 3.56. The second kappa shape index (κ2) is 4.96. The smallest absolute Gasteiger partial charge is 0.0750 e. The van der Waals surface area contributed by atoms with Crippen LogP contribution < -0.4 is 10.6 Å². The molecule has 1 heterocycles. The zero-order chi connectivity index (χ0) is 12.4. The van der Waals surface area contributed by atoms with E-state index < -0.39 is 0 Å². The molecule has 1 aromatic carbocycles. The van der Waals surface area contributed by atoms with E-state index in [2.05, 4.69) is 37.9 Å². The molecule has 1 fully saturated rings. The molecular formula is C14H22N2O. The van der Waals surface area contributed by atoms with Crippen LogP contribution >= 0.6 is 0 Å². The Morgan fingerprint density at radius 2 is 2.06 bits per heavy atom. The topological polar surface area (TPSA) is 38.5 Å². The molecule has 0 saturated carbocycles. The number of benzene rings is 1. The van der Waals surface area contributed by atoms with E-state index >= 15 is 0 Å². The molecular weight excluding hydrogens is 212 g/mol. The number of hydrogen-bond acceptors (Lipinski definition) is 3. The predicted octanol–water partition coefficient (Wildman–Crippen LogP) is 2.50. The highest BCUT2D eigenvalue weighted by molar-refractivity contribution is 5.69. The lowest BCUT2D eigenvalue weighted by Crippen LogP contribution is -2.29. The molecule has 0 amide bonds. The molecule has 3 nitrogen and oxygen atoms in total. The molecule has 0 aromatic heterocycles. The summed E-state index contributed by atoms with van der Waals surface area (Å²) in [6, 6.07) is 4.22. The minimum atomic E-state index is 0.362. The Morgan fingerprint density at radius 1 is 1.35 bits per heavy atom. The monoisotopic (exact) mass is 234 g/mol. The molecule has 0 spiro atoms. The number of ether oxygens (including phenoxy) is 1. The van der Waals surface area contributed by atoms with Gasteiger partial charge in [0.2, 0.25) is 0 Å². The lowest BCUT2D eigenvalue weighted by Gasteiger charge is -2.25. The van der Waals surface area contributed by atoms with Gasteiger partial charge < -0.3 is 15.4 Å². The van der Waals surface area contributed by atoms with E-state index in [1.165, 1.54) is 17.5 Å². The molecule has 3 heteroatoms. The van der Waals surface area contributed by atoms with E-state index in [1.807, 2.05) is 0 Å². The van der Waals surface area contributed by atoms with Crippen molar-refractivity contribution in [3.63, 3.8) is 0 Å². The first-order valence-electron chi connectivity index (χ1n) is 6.27. The van der Waals surface area contributed by atoms with Crippen LogP contribution in [0.5, 0.6) is 0 Å². The van der Waals surface area contributed by atoms with Gasteiger partial charge in [-0.15, -0.1) is 0 Å². The Hall–Kier alpha value is -1.22. The minimum absolute atomic E-state index is 0.362. The summed E-state index contributed by atoms with van der Waals surface area (Å²) in [6.07, 6.45) is 2.71. The quantitative estimate of drug-likeness (QED) is 0.817. The van der Waals surface area contributed by atoms with Crippen molar-refractivity contribution >= 4 is 11.4 Å². The first-order valence-corrected chi connectivity index (χ1v) is 6.27. The van der Waals surface area contributed by atoms with Crippen molar-refractivity contribution < 1.29 is 4.74 Å². The fourth-order valence-corrected chi connectivity index (χ4v) is 2.35. The first-order chi connectivity index (χ1) is 8.08. The van der Waals surface area contributed by atoms with Crippen LogP contribution in [-0.2, 0) is 4.74 Å². The van der Waals surface area contributed by atoms with Gasteiger partial charge in [0.1, 0.15) is 0 Å². The van der Waals surface area contributed by atoms with E-state index in [1.54, 1.807) is 0 Å². The maximum absolute atomic E-state index is 6.08. The number of aryl methyl sites for hydroxylation is 2. The normalized spacial score (nSPS) is 19.6. The molecule has 1 saturated heterocycles. The summed E-state index contributed by atoms with van der Waals surface area (Å²) >= 11 is 0. The van der Waals surface area contributed by atoms with Gasteiger partial charge >= 0.3 is 0 Å². The van der Waals surface area contributed by atoms with Crippen LogP contribution in [0.25, 0.3) is 0 Å². The lowest BCUT2D eigenvalue weighted by atomic mass is 10.1. The van der Waals surface area contributed by atoms with Crippen LogP contribution in [0.4, 0.5) is 11.4 Å². The van der Waals surface area contributed by atoms with E-state index in [9.17, 15) is 0 Å². The second-order valence-electron chi connectivity index (χ2n) is 5.01. The molecule has 1 aromatic rings. The summed E-state index contributed by atoms with van der Waals surface area (Å²) in [6.45, 7) is 6.04. The lowest BCUT2D eigenvalue weighted by molar-refractivity contribution is 0.116. The van der Waals surface area contributed by atoms with Crippen molar-refractivity contribution in [2.75, 3.05) is 30.8 Å². The number of nitrogens with two attached hydrogens (primary N) is 1. The van der Waals surface area contributed by atoms with Crippen molar-refractivity contribution in [2.45, 2.75) is 32.8 Å². The zero-order valence-electron chi connectivity index (χ0n) is 11.0. The average Bonchev–Trinajstić information content (AvgIpc) is 2.76. The summed E-state index contributed by atoms with van der Waals surface area (Å²) in [5.41, 5.74) is 10.6. The van der Waals surface area contributed by atoms with Gasteiger partial charge in [-0.05, 0) is 49.9 Å². The van der Waals surface area contributed by atoms with Gasteiger partial charge in [0, 0.05) is 20.2 Å². The summed E-state index contributed by atoms with van der Waals surface area (Å²) in [4.78, 5) is 2.21. The fraction of sp³-hybridized carbons (Fsp3) is 0.571. The van der Waals surface area contributed by atoms with Gasteiger partial charge in [-0.25, -0.2) is 0 Å². The molecule has 2 rings (SSSR count). The maximum atomic E-state index is 6.08. The van der Waals surface area contributed by atoms with Gasteiger partial charge in [-0.1, -0.05) is 0 Å². The zero-order valence-corrected chi connectivity index (χ0v) is 11.0. The number of hydrogen-bond donors (Lipinski definition) is 1. The van der Waals surface area contributed by atoms with Crippen LogP contribution in [0.3, 0.4) is 0 Å². The van der Waals surface area contributed by atoms with E-state index in [0.29, 0.717) is 6.10 Å². The van der Waals surface area contributed by atoms with Crippen LogP contribution in [0.15, 0.2) is 12.1 Å². The van der Waals surface area contributed by atoms with Gasteiger partial charge in [0.15, 0.2) is 0 Å². The number of rotatable bonds is 3. The maximum Gasteiger partial charge on any atom is 0.0750 e. The Bertz CT molecular complexity index is 397. The largest absolute Gasteiger partial charge is 0.397 e. The average molecular weight is 234 g/mol. The van der Waals surface area contributed by atoms with Crippen molar-refractivity contribution in [1.29, 1.82) is 0 Å². The third-order valence-electron chi connectivity index (χ3n) is 3.56. The summed E-state index contributed by atoms with van der Waals surface area (Å²) < 4.78 is 5.66. The molecule has 0 aliphatic carbocycles. The van der Waals surface area contributed by atoms with E-state index in [0.717, 1.165) is 30.9 Å². The standard InChI is InChI=1S/C14H22N2O/c1-10-7-13(15)14(8-11(10)2)16(3)9-12-5-4-6-17-12/h7-8,12H,4-6,9,15H2,1-3H3. The molecule has 1 aliphatic heterocycles. The van der Waals surface area contributed by atoms with E-state index in [-0.39, 0.29) is 0 Å². The Morgan fingerprint density at radius 3 is 2.71 bits per heavy atom. The SMILES string of the molecule is Cc1cc(N)c(N(C)CC2CCCO2)cc1C. The molecule has 0 radical (unpaired) electrons. The number of nitrogens with zero attached hydrogens (tertiary/aromatic N) is 1. The third kappa shape index (κ3) is 2.72. The Labute approximate surface area is 104 Å². The number of likely N-dealkylation sites (N-methyl/N-ethyl adjacent to an activating group) is 1. The molecule has 0 bridgehead atoms. The summed E-state index contributed by atoms with van der Waals surface area (Å²) in [5, 5.41) is 0. The molecule has 1 unspecified atom stereocenters. The first kappa shape index (κ1) is 12.2. The highest BCUT2D eigenvalue weighted by Gasteiger charge is 2.18. The summed E-state index contributed by atoms with van der Waals surface area (Å²) in [5.74, 6) is 0. The fourth-order valence-electron chi connectivity index (χ4n) is 2.35. The minimum Gasteiger partial charge on any atom is -0.397 e. The van der Waals surface area contributed by atoms with Crippen molar-refractivity contribution in [3.8, 4) is 0 Å². The highest BCUT2D eigenvalue weighted by atomic mass is 16.5. The Balaban J connectivity index is 2.12. The molecule has 1 aliphatic rings. The van der Waals surface area contributed by atoms with Crippen LogP contribution in [0.1, 0.15) is 24.0 Å². The molecule has 17 heavy (non-hydrogen) atoms. The van der Waals surface area contributed by atoms with Crippen molar-refractivity contribution in [1.82, 2.24) is 0 Å². The number of anilines is 2. The van der Waals surface area contributed by atoms with Crippen LogP contribution in [0.2, 0.25) is 0 Å². The van der Waals surface area contributed by atoms with Gasteiger partial charge in [0.05, 0.1) is 17.5 Å². The van der Waals surface area contributed by atoms with E-state index in [4.69, 9.17) is 10.5 Å².